The first kappa shape index (κ1) is 20.9. The van der Waals surface area contributed by atoms with Gasteiger partial charge >= 0.3 is 5.69 Å². The van der Waals surface area contributed by atoms with Crippen molar-refractivity contribution in [3.05, 3.63) is 74.3 Å². The molecule has 5 heterocycles. The Balaban J connectivity index is 1.56. The van der Waals surface area contributed by atoms with Gasteiger partial charge in [0, 0.05) is 38.8 Å². The largest absolute Gasteiger partial charge is 0.361 e. The zero-order valence-corrected chi connectivity index (χ0v) is 19.3. The van der Waals surface area contributed by atoms with E-state index in [2.05, 4.69) is 15.4 Å². The number of fused-ring (bicyclic) bond motifs is 2. The lowest BCUT2D eigenvalue weighted by atomic mass is 10.1. The second kappa shape index (κ2) is 7.98. The molecule has 3 aromatic heterocycles. The van der Waals surface area contributed by atoms with Crippen LogP contribution in [0.5, 0.6) is 0 Å². The maximum atomic E-state index is 13.8. The van der Waals surface area contributed by atoms with E-state index in [0.29, 0.717) is 41.1 Å². The minimum Gasteiger partial charge on any atom is -0.361 e. The Morgan fingerprint density at radius 3 is 2.71 bits per heavy atom. The summed E-state index contributed by atoms with van der Waals surface area (Å²) in [6.07, 6.45) is 1.08. The molecule has 1 aromatic carbocycles. The molecule has 0 spiro atoms. The number of aromatic nitrogens is 5. The summed E-state index contributed by atoms with van der Waals surface area (Å²) in [4.78, 5) is 34.2. The molecule has 2 unspecified atom stereocenters. The van der Waals surface area contributed by atoms with Crippen molar-refractivity contribution in [2.75, 3.05) is 24.5 Å². The Morgan fingerprint density at radius 1 is 1.12 bits per heavy atom. The normalized spacial score (nSPS) is 19.9. The van der Waals surface area contributed by atoms with Gasteiger partial charge in [0.15, 0.2) is 11.2 Å². The molecule has 0 radical (unpaired) electrons. The smallest absolute Gasteiger partial charge is 0.332 e. The minimum absolute atomic E-state index is 0.0446. The minimum atomic E-state index is -0.420. The summed E-state index contributed by atoms with van der Waals surface area (Å²) in [5.41, 5.74) is 1.64. The zero-order valence-electron chi connectivity index (χ0n) is 19.3. The molecule has 0 bridgehead atoms. The lowest BCUT2D eigenvalue weighted by Crippen LogP contribution is -2.40. The predicted molar refractivity (Wildman–Crippen MR) is 127 cm³/mol. The van der Waals surface area contributed by atoms with Crippen molar-refractivity contribution in [2.24, 2.45) is 13.0 Å². The van der Waals surface area contributed by atoms with E-state index in [9.17, 15) is 9.59 Å². The van der Waals surface area contributed by atoms with Gasteiger partial charge in [0.1, 0.15) is 11.5 Å². The fraction of sp³-hybridized carbons (Fsp3) is 0.417. The molecule has 0 amide bonds. The molecule has 10 heteroatoms. The first-order valence-electron chi connectivity index (χ1n) is 11.6. The standard InChI is InChI=1S/C24H27N7O3/c1-15-10-18(27-34-15)14-31-22(32)20-21(28(2)24(31)33)26-23(29-9-8-17-11-25-12-19(17)29)30(20)13-16-6-4-3-5-7-16/h3-7,10,17,19,25H,8-9,11-14H2,1-2H3. The number of nitrogens with zero attached hydrogens (tertiary/aromatic N) is 6. The second-order valence-corrected chi connectivity index (χ2v) is 9.29. The summed E-state index contributed by atoms with van der Waals surface area (Å²) in [6, 6.07) is 12.1. The van der Waals surface area contributed by atoms with Crippen molar-refractivity contribution in [1.29, 1.82) is 0 Å². The molecular formula is C24H27N7O3. The zero-order chi connectivity index (χ0) is 23.4. The van der Waals surface area contributed by atoms with Gasteiger partial charge in [-0.25, -0.2) is 4.79 Å². The van der Waals surface area contributed by atoms with Crippen LogP contribution in [0.1, 0.15) is 23.4 Å². The van der Waals surface area contributed by atoms with Crippen LogP contribution in [0.4, 0.5) is 5.95 Å². The third kappa shape index (κ3) is 3.28. The number of hydrogen-bond acceptors (Lipinski definition) is 7. The molecule has 2 fully saturated rings. The van der Waals surface area contributed by atoms with Gasteiger partial charge < -0.3 is 14.7 Å². The predicted octanol–water partition coefficient (Wildman–Crippen LogP) is 1.09. The molecule has 2 atom stereocenters. The van der Waals surface area contributed by atoms with Crippen molar-refractivity contribution in [2.45, 2.75) is 32.5 Å². The maximum absolute atomic E-state index is 13.8. The number of benzene rings is 1. The van der Waals surface area contributed by atoms with Gasteiger partial charge in [0.2, 0.25) is 5.95 Å². The van der Waals surface area contributed by atoms with E-state index in [1.54, 1.807) is 20.0 Å². The molecule has 0 saturated carbocycles. The van der Waals surface area contributed by atoms with Crippen LogP contribution < -0.4 is 21.5 Å². The average molecular weight is 462 g/mol. The lowest BCUT2D eigenvalue weighted by Gasteiger charge is -2.25. The van der Waals surface area contributed by atoms with E-state index in [-0.39, 0.29) is 12.1 Å². The number of nitrogens with one attached hydrogen (secondary N) is 1. The van der Waals surface area contributed by atoms with Crippen molar-refractivity contribution in [3.63, 3.8) is 0 Å². The topological polar surface area (TPSA) is 103 Å². The van der Waals surface area contributed by atoms with Gasteiger partial charge in [-0.15, -0.1) is 0 Å². The van der Waals surface area contributed by atoms with Gasteiger partial charge in [-0.05, 0) is 24.8 Å². The molecule has 2 saturated heterocycles. The fourth-order valence-corrected chi connectivity index (χ4v) is 5.39. The SMILES string of the molecule is Cc1cc(Cn2c(=O)c3c(nc(N4CCC5CNCC54)n3Cc3ccccc3)n(C)c2=O)no1. The van der Waals surface area contributed by atoms with Crippen LogP contribution in [-0.2, 0) is 20.1 Å². The quantitative estimate of drug-likeness (QED) is 0.475. The van der Waals surface area contributed by atoms with Gasteiger partial charge in [-0.3, -0.25) is 18.5 Å². The highest BCUT2D eigenvalue weighted by Crippen LogP contribution is 2.33. The Hall–Kier alpha value is -3.66. The van der Waals surface area contributed by atoms with Crippen LogP contribution >= 0.6 is 0 Å². The summed E-state index contributed by atoms with van der Waals surface area (Å²) >= 11 is 0. The summed E-state index contributed by atoms with van der Waals surface area (Å²) < 4.78 is 9.81. The van der Waals surface area contributed by atoms with E-state index in [1.807, 2.05) is 34.9 Å². The molecule has 2 aliphatic heterocycles. The lowest BCUT2D eigenvalue weighted by molar-refractivity contribution is 0.388. The van der Waals surface area contributed by atoms with Gasteiger partial charge in [-0.1, -0.05) is 35.5 Å². The highest BCUT2D eigenvalue weighted by molar-refractivity contribution is 5.75. The average Bonchev–Trinajstić information content (AvgIpc) is 3.60. The summed E-state index contributed by atoms with van der Waals surface area (Å²) in [5, 5.41) is 7.46. The Kier molecular flexibility index (Phi) is 4.91. The molecule has 176 valence electrons. The molecule has 34 heavy (non-hydrogen) atoms. The maximum Gasteiger partial charge on any atom is 0.332 e. The Labute approximate surface area is 195 Å². The monoisotopic (exact) mass is 461 g/mol. The van der Waals surface area contributed by atoms with Crippen molar-refractivity contribution < 1.29 is 4.52 Å². The van der Waals surface area contributed by atoms with Crippen molar-refractivity contribution in [1.82, 2.24) is 29.2 Å². The number of anilines is 1. The highest BCUT2D eigenvalue weighted by atomic mass is 16.5. The first-order valence-corrected chi connectivity index (χ1v) is 11.6. The van der Waals surface area contributed by atoms with Gasteiger partial charge in [0.05, 0.1) is 13.1 Å². The molecule has 4 aromatic rings. The summed E-state index contributed by atoms with van der Waals surface area (Å²) in [7, 11) is 1.67. The van der Waals surface area contributed by atoms with E-state index >= 15 is 0 Å². The second-order valence-electron chi connectivity index (χ2n) is 9.29. The van der Waals surface area contributed by atoms with Crippen LogP contribution in [0.3, 0.4) is 0 Å². The highest BCUT2D eigenvalue weighted by Gasteiger charge is 2.40. The van der Waals surface area contributed by atoms with Crippen LogP contribution in [0.15, 0.2) is 50.5 Å². The van der Waals surface area contributed by atoms with E-state index in [0.717, 1.165) is 37.6 Å². The van der Waals surface area contributed by atoms with Crippen LogP contribution in [0, 0.1) is 12.8 Å². The molecule has 6 rings (SSSR count). The van der Waals surface area contributed by atoms with Gasteiger partial charge in [0.25, 0.3) is 5.56 Å². The van der Waals surface area contributed by atoms with Crippen molar-refractivity contribution in [3.8, 4) is 0 Å². The number of hydrogen-bond donors (Lipinski definition) is 1. The summed E-state index contributed by atoms with van der Waals surface area (Å²) in [6.45, 7) is 5.10. The van der Waals surface area contributed by atoms with Crippen LogP contribution in [0.2, 0.25) is 0 Å². The molecule has 1 N–H and O–H groups in total. The third-order valence-corrected chi connectivity index (χ3v) is 7.09. The molecular weight excluding hydrogens is 434 g/mol. The van der Waals surface area contributed by atoms with Crippen LogP contribution in [0.25, 0.3) is 11.2 Å². The Bertz CT molecular complexity index is 1480. The number of rotatable bonds is 5. The fourth-order valence-electron chi connectivity index (χ4n) is 5.39. The van der Waals surface area contributed by atoms with Crippen molar-refractivity contribution >= 4 is 17.1 Å². The molecule has 2 aliphatic rings. The first-order chi connectivity index (χ1) is 16.5. The Morgan fingerprint density at radius 2 is 1.94 bits per heavy atom. The summed E-state index contributed by atoms with van der Waals surface area (Å²) in [5.74, 6) is 1.95. The third-order valence-electron chi connectivity index (χ3n) is 7.09. The molecule has 0 aliphatic carbocycles. The number of aryl methyl sites for hydroxylation is 2. The van der Waals surface area contributed by atoms with E-state index in [4.69, 9.17) is 9.51 Å². The molecule has 10 nitrogen and oxygen atoms in total. The number of imidazole rings is 1. The van der Waals surface area contributed by atoms with E-state index < -0.39 is 5.69 Å². The van der Waals surface area contributed by atoms with Gasteiger partial charge in [-0.2, -0.15) is 4.98 Å². The van der Waals surface area contributed by atoms with Crippen LogP contribution in [-0.4, -0.2) is 49.5 Å². The van der Waals surface area contributed by atoms with E-state index in [1.165, 1.54) is 9.13 Å².